The van der Waals surface area contributed by atoms with Crippen molar-refractivity contribution in [2.45, 2.75) is 31.7 Å². The Balaban J connectivity index is 1.77. The summed E-state index contributed by atoms with van der Waals surface area (Å²) in [6, 6.07) is 7.56. The van der Waals surface area contributed by atoms with Crippen LogP contribution in [0, 0.1) is 0 Å². The maximum absolute atomic E-state index is 12.4. The number of carbonyl (C=O) groups is 1. The lowest BCUT2D eigenvalue weighted by Crippen LogP contribution is -2.35. The summed E-state index contributed by atoms with van der Waals surface area (Å²) < 4.78 is 1.59. The molecule has 0 unspecified atom stereocenters. The molecule has 1 heterocycles. The summed E-state index contributed by atoms with van der Waals surface area (Å²) in [4.78, 5) is 18.3. The fraction of sp³-hybridized carbons (Fsp3) is 0.400. The van der Waals surface area contributed by atoms with Crippen LogP contribution in [0.4, 0.5) is 0 Å². The van der Waals surface area contributed by atoms with Gasteiger partial charge >= 0.3 is 0 Å². The number of hydrogen-bond acceptors (Lipinski definition) is 3. The molecule has 0 radical (unpaired) electrons. The van der Waals surface area contributed by atoms with E-state index in [0.717, 1.165) is 18.5 Å². The van der Waals surface area contributed by atoms with Gasteiger partial charge in [0.15, 0.2) is 0 Å². The molecule has 0 N–H and O–H groups in total. The highest BCUT2D eigenvalue weighted by Gasteiger charge is 2.26. The maximum atomic E-state index is 12.4. The Hall–Kier alpha value is -1.88. The third kappa shape index (κ3) is 2.93. The van der Waals surface area contributed by atoms with Gasteiger partial charge < -0.3 is 4.90 Å². The van der Waals surface area contributed by atoms with Crippen molar-refractivity contribution in [3.63, 3.8) is 0 Å². The van der Waals surface area contributed by atoms with Crippen molar-refractivity contribution in [3.05, 3.63) is 41.4 Å². The van der Waals surface area contributed by atoms with Crippen molar-refractivity contribution in [2.24, 2.45) is 0 Å². The highest BCUT2D eigenvalue weighted by Crippen LogP contribution is 2.23. The fourth-order valence-corrected chi connectivity index (χ4v) is 2.82. The van der Waals surface area contributed by atoms with Gasteiger partial charge in [0.1, 0.15) is 6.33 Å². The molecule has 2 aromatic rings. The first-order valence-electron chi connectivity index (χ1n) is 7.10. The molecule has 0 spiro atoms. The van der Waals surface area contributed by atoms with E-state index in [1.165, 1.54) is 12.8 Å². The van der Waals surface area contributed by atoms with Crippen molar-refractivity contribution in [3.8, 4) is 5.69 Å². The second-order valence-corrected chi connectivity index (χ2v) is 5.78. The highest BCUT2D eigenvalue weighted by atomic mass is 35.5. The van der Waals surface area contributed by atoms with Gasteiger partial charge in [0.25, 0.3) is 5.91 Å². The molecule has 3 rings (SSSR count). The molecule has 1 aliphatic rings. The van der Waals surface area contributed by atoms with Crippen LogP contribution in [-0.2, 0) is 0 Å². The standard InChI is InChI=1S/C15H17ClN4O/c1-19(12-4-2-3-5-12)15(21)14-17-10-20(18-14)13-8-6-11(16)7-9-13/h6-10,12H,2-5H2,1H3. The van der Waals surface area contributed by atoms with Gasteiger partial charge in [-0.25, -0.2) is 9.67 Å². The van der Waals surface area contributed by atoms with Crippen LogP contribution in [0.15, 0.2) is 30.6 Å². The predicted octanol–water partition coefficient (Wildman–Crippen LogP) is 2.94. The van der Waals surface area contributed by atoms with Crippen molar-refractivity contribution >= 4 is 17.5 Å². The van der Waals surface area contributed by atoms with E-state index in [1.807, 2.05) is 19.2 Å². The molecular formula is C15H17ClN4O. The zero-order valence-electron chi connectivity index (χ0n) is 11.9. The third-order valence-corrected chi connectivity index (χ3v) is 4.22. The SMILES string of the molecule is CN(C(=O)c1ncn(-c2ccc(Cl)cc2)n1)C1CCCC1. The summed E-state index contributed by atoms with van der Waals surface area (Å²) >= 11 is 5.86. The summed E-state index contributed by atoms with van der Waals surface area (Å²) in [5.41, 5.74) is 0.828. The lowest BCUT2D eigenvalue weighted by molar-refractivity contribution is 0.0723. The summed E-state index contributed by atoms with van der Waals surface area (Å²) in [5, 5.41) is 4.94. The summed E-state index contributed by atoms with van der Waals surface area (Å²) in [7, 11) is 1.83. The summed E-state index contributed by atoms with van der Waals surface area (Å²) in [6.45, 7) is 0. The van der Waals surface area contributed by atoms with Crippen molar-refractivity contribution in [1.29, 1.82) is 0 Å². The van der Waals surface area contributed by atoms with Gasteiger partial charge in [-0.3, -0.25) is 4.79 Å². The molecule has 1 fully saturated rings. The van der Waals surface area contributed by atoms with Gasteiger partial charge in [0, 0.05) is 18.1 Å². The summed E-state index contributed by atoms with van der Waals surface area (Å²) in [5.74, 6) is 0.119. The van der Waals surface area contributed by atoms with Crippen LogP contribution in [0.5, 0.6) is 0 Å². The monoisotopic (exact) mass is 304 g/mol. The van der Waals surface area contributed by atoms with E-state index in [0.29, 0.717) is 11.1 Å². The molecule has 0 bridgehead atoms. The topological polar surface area (TPSA) is 51.0 Å². The lowest BCUT2D eigenvalue weighted by Gasteiger charge is -2.22. The minimum absolute atomic E-state index is 0.116. The average Bonchev–Trinajstić information content (AvgIpc) is 3.18. The Kier molecular flexibility index (Phi) is 3.92. The molecule has 1 aliphatic carbocycles. The first kappa shape index (κ1) is 14.1. The second-order valence-electron chi connectivity index (χ2n) is 5.34. The molecule has 1 saturated carbocycles. The van der Waals surface area contributed by atoms with Crippen LogP contribution in [0.2, 0.25) is 5.02 Å². The van der Waals surface area contributed by atoms with Crippen LogP contribution in [0.1, 0.15) is 36.3 Å². The van der Waals surface area contributed by atoms with E-state index in [9.17, 15) is 4.79 Å². The average molecular weight is 305 g/mol. The van der Waals surface area contributed by atoms with Crippen LogP contribution in [0.3, 0.4) is 0 Å². The van der Waals surface area contributed by atoms with E-state index in [4.69, 9.17) is 11.6 Å². The molecule has 110 valence electrons. The number of benzene rings is 1. The van der Waals surface area contributed by atoms with E-state index >= 15 is 0 Å². The van der Waals surface area contributed by atoms with E-state index in [-0.39, 0.29) is 11.7 Å². The van der Waals surface area contributed by atoms with Gasteiger partial charge in [-0.15, -0.1) is 5.10 Å². The number of aromatic nitrogens is 3. The Morgan fingerprint density at radius 2 is 1.95 bits per heavy atom. The van der Waals surface area contributed by atoms with Gasteiger partial charge in [0.05, 0.1) is 5.69 Å². The third-order valence-electron chi connectivity index (χ3n) is 3.97. The second kappa shape index (κ2) is 5.85. The van der Waals surface area contributed by atoms with Gasteiger partial charge in [-0.05, 0) is 37.1 Å². The number of carbonyl (C=O) groups excluding carboxylic acids is 1. The van der Waals surface area contributed by atoms with Crippen LogP contribution >= 0.6 is 11.6 Å². The largest absolute Gasteiger partial charge is 0.336 e. The van der Waals surface area contributed by atoms with E-state index in [1.54, 1.807) is 28.0 Å². The van der Waals surface area contributed by atoms with E-state index in [2.05, 4.69) is 10.1 Å². The molecule has 0 aliphatic heterocycles. The molecule has 1 aromatic heterocycles. The quantitative estimate of drug-likeness (QED) is 0.876. The Morgan fingerprint density at radius 1 is 1.29 bits per heavy atom. The van der Waals surface area contributed by atoms with Gasteiger partial charge in [-0.1, -0.05) is 24.4 Å². The van der Waals surface area contributed by atoms with Crippen molar-refractivity contribution in [1.82, 2.24) is 19.7 Å². The molecule has 5 nitrogen and oxygen atoms in total. The molecule has 21 heavy (non-hydrogen) atoms. The maximum Gasteiger partial charge on any atom is 0.293 e. The molecule has 1 aromatic carbocycles. The number of halogens is 1. The minimum Gasteiger partial charge on any atom is -0.336 e. The normalized spacial score (nSPS) is 15.3. The van der Waals surface area contributed by atoms with Gasteiger partial charge in [-0.2, -0.15) is 0 Å². The zero-order chi connectivity index (χ0) is 14.8. The first-order chi connectivity index (χ1) is 10.1. The lowest BCUT2D eigenvalue weighted by atomic mass is 10.2. The minimum atomic E-state index is -0.116. The Morgan fingerprint density at radius 3 is 2.62 bits per heavy atom. The highest BCUT2D eigenvalue weighted by molar-refractivity contribution is 6.30. The molecule has 0 saturated heterocycles. The Bertz CT molecular complexity index is 631. The number of hydrogen-bond donors (Lipinski definition) is 0. The molecule has 1 amide bonds. The van der Waals surface area contributed by atoms with Gasteiger partial charge in [0.2, 0.25) is 5.82 Å². The number of nitrogens with zero attached hydrogens (tertiary/aromatic N) is 4. The fourth-order valence-electron chi connectivity index (χ4n) is 2.69. The van der Waals surface area contributed by atoms with Crippen molar-refractivity contribution < 1.29 is 4.79 Å². The van der Waals surface area contributed by atoms with E-state index < -0.39 is 0 Å². The Labute approximate surface area is 128 Å². The van der Waals surface area contributed by atoms with Crippen LogP contribution < -0.4 is 0 Å². The first-order valence-corrected chi connectivity index (χ1v) is 7.48. The van der Waals surface area contributed by atoms with Crippen LogP contribution in [0.25, 0.3) is 5.69 Å². The molecular weight excluding hydrogens is 288 g/mol. The van der Waals surface area contributed by atoms with Crippen LogP contribution in [-0.4, -0.2) is 38.7 Å². The number of amides is 1. The predicted molar refractivity (Wildman–Crippen MR) is 80.7 cm³/mol. The molecule has 0 atom stereocenters. The smallest absolute Gasteiger partial charge is 0.293 e. The zero-order valence-corrected chi connectivity index (χ0v) is 12.6. The number of rotatable bonds is 3. The summed E-state index contributed by atoms with van der Waals surface area (Å²) in [6.07, 6.45) is 6.07. The van der Waals surface area contributed by atoms with Crippen molar-refractivity contribution in [2.75, 3.05) is 7.05 Å². The molecule has 6 heteroatoms.